The lowest BCUT2D eigenvalue weighted by Gasteiger charge is -2.18. The minimum atomic E-state index is -1.20. The first-order chi connectivity index (χ1) is 15.9. The fourth-order valence-corrected chi connectivity index (χ4v) is 4.04. The predicted octanol–water partition coefficient (Wildman–Crippen LogP) is 3.37. The van der Waals surface area contributed by atoms with E-state index in [2.05, 4.69) is 27.9 Å². The van der Waals surface area contributed by atoms with E-state index >= 15 is 0 Å². The fraction of sp³-hybridized carbons (Fsp3) is 0.250. The van der Waals surface area contributed by atoms with Gasteiger partial charge in [-0.1, -0.05) is 55.5 Å². The minimum Gasteiger partial charge on any atom is -0.476 e. The topological polar surface area (TPSA) is 123 Å². The van der Waals surface area contributed by atoms with E-state index in [1.165, 1.54) is 17.8 Å². The Morgan fingerprint density at radius 1 is 1.09 bits per heavy atom. The second-order valence-electron chi connectivity index (χ2n) is 7.76. The van der Waals surface area contributed by atoms with Gasteiger partial charge in [0.05, 0.1) is 0 Å². The maximum absolute atomic E-state index is 12.6. The number of ether oxygens (including phenoxy) is 1. The van der Waals surface area contributed by atoms with Gasteiger partial charge in [-0.2, -0.15) is 5.10 Å². The maximum atomic E-state index is 12.6. The van der Waals surface area contributed by atoms with Crippen LogP contribution in [-0.2, 0) is 16.6 Å². The molecule has 0 bridgehead atoms. The molecule has 9 heteroatoms. The van der Waals surface area contributed by atoms with Crippen LogP contribution in [-0.4, -0.2) is 45.5 Å². The third-order valence-corrected chi connectivity index (χ3v) is 5.71. The number of amides is 2. The number of carboxylic acids is 1. The Balaban J connectivity index is 1.39. The summed E-state index contributed by atoms with van der Waals surface area (Å²) in [5.74, 6) is -1.56. The van der Waals surface area contributed by atoms with Crippen molar-refractivity contribution in [1.82, 2.24) is 15.1 Å². The van der Waals surface area contributed by atoms with Gasteiger partial charge >= 0.3 is 12.1 Å². The summed E-state index contributed by atoms with van der Waals surface area (Å²) >= 11 is 0. The van der Waals surface area contributed by atoms with Crippen molar-refractivity contribution in [3.05, 3.63) is 71.4 Å². The van der Waals surface area contributed by atoms with Crippen molar-refractivity contribution < 1.29 is 24.2 Å². The first kappa shape index (κ1) is 22.1. The van der Waals surface area contributed by atoms with E-state index in [1.54, 1.807) is 6.92 Å². The molecule has 1 aliphatic rings. The lowest BCUT2D eigenvalue weighted by molar-refractivity contribution is -0.118. The highest BCUT2D eigenvalue weighted by molar-refractivity contribution is 5.97. The van der Waals surface area contributed by atoms with Crippen LogP contribution in [0.5, 0.6) is 0 Å². The Bertz CT molecular complexity index is 1170. The van der Waals surface area contributed by atoms with E-state index in [4.69, 9.17) is 9.84 Å². The Morgan fingerprint density at radius 2 is 1.70 bits per heavy atom. The number of rotatable bonds is 7. The third kappa shape index (κ3) is 4.43. The number of aromatic carboxylic acids is 1. The van der Waals surface area contributed by atoms with E-state index in [1.807, 2.05) is 36.4 Å². The van der Waals surface area contributed by atoms with Crippen molar-refractivity contribution in [1.29, 1.82) is 0 Å². The molecular weight excluding hydrogens is 424 g/mol. The summed E-state index contributed by atoms with van der Waals surface area (Å²) in [6, 6.07) is 16.5. The fourth-order valence-electron chi connectivity index (χ4n) is 4.04. The summed E-state index contributed by atoms with van der Waals surface area (Å²) < 4.78 is 6.76. The Kier molecular flexibility index (Phi) is 6.12. The molecule has 9 nitrogen and oxygen atoms in total. The van der Waals surface area contributed by atoms with Crippen molar-refractivity contribution in [2.45, 2.75) is 25.3 Å². The number of nitrogens with one attached hydrogen (secondary N) is 2. The van der Waals surface area contributed by atoms with Crippen LogP contribution in [0.3, 0.4) is 0 Å². The standard InChI is InChI=1S/C24H24N4O5/c1-3-19(22(29)26-21-12-20(23(30)31)27-28(21)2)25-24(32)33-13-18-16-10-6-4-8-14(16)15-9-5-7-11-17(15)18/h4-12,18-19H,3,13H2,1-2H3,(H,25,32)(H,26,29)(H,30,31). The van der Waals surface area contributed by atoms with E-state index in [-0.39, 0.29) is 24.0 Å². The highest BCUT2D eigenvalue weighted by atomic mass is 16.5. The second kappa shape index (κ2) is 9.15. The van der Waals surface area contributed by atoms with Crippen molar-refractivity contribution in [2.75, 3.05) is 11.9 Å². The van der Waals surface area contributed by atoms with Gasteiger partial charge < -0.3 is 20.5 Å². The van der Waals surface area contributed by atoms with Crippen LogP contribution in [0.4, 0.5) is 10.6 Å². The van der Waals surface area contributed by atoms with Crippen molar-refractivity contribution >= 4 is 23.8 Å². The van der Waals surface area contributed by atoms with Crippen LogP contribution < -0.4 is 10.6 Å². The molecule has 0 aliphatic heterocycles. The van der Waals surface area contributed by atoms with Crippen LogP contribution in [0.15, 0.2) is 54.6 Å². The molecule has 1 aromatic heterocycles. The van der Waals surface area contributed by atoms with Crippen LogP contribution >= 0.6 is 0 Å². The largest absolute Gasteiger partial charge is 0.476 e. The summed E-state index contributed by atoms with van der Waals surface area (Å²) in [4.78, 5) is 36.2. The van der Waals surface area contributed by atoms with E-state index in [9.17, 15) is 14.4 Å². The maximum Gasteiger partial charge on any atom is 0.407 e. The number of nitrogens with zero attached hydrogens (tertiary/aromatic N) is 2. The molecule has 1 heterocycles. The molecule has 0 saturated carbocycles. The normalized spacial score (nSPS) is 13.0. The van der Waals surface area contributed by atoms with Gasteiger partial charge in [0, 0.05) is 19.0 Å². The highest BCUT2D eigenvalue weighted by Gasteiger charge is 2.29. The smallest absolute Gasteiger partial charge is 0.407 e. The summed E-state index contributed by atoms with van der Waals surface area (Å²) in [6.07, 6.45) is -0.380. The number of alkyl carbamates (subject to hydrolysis) is 1. The molecule has 33 heavy (non-hydrogen) atoms. The summed E-state index contributed by atoms with van der Waals surface area (Å²) in [6.45, 7) is 1.89. The molecule has 2 amide bonds. The van der Waals surface area contributed by atoms with Crippen LogP contribution in [0.1, 0.15) is 40.9 Å². The SMILES string of the molecule is CCC(NC(=O)OCC1c2ccccc2-c2ccccc21)C(=O)Nc1cc(C(=O)O)nn1C. The van der Waals surface area contributed by atoms with Gasteiger partial charge in [-0.25, -0.2) is 9.59 Å². The average Bonchev–Trinajstić information content (AvgIpc) is 3.34. The molecule has 0 saturated heterocycles. The van der Waals surface area contributed by atoms with Crippen molar-refractivity contribution in [3.63, 3.8) is 0 Å². The molecule has 4 rings (SSSR count). The van der Waals surface area contributed by atoms with Gasteiger partial charge in [-0.05, 0) is 28.7 Å². The minimum absolute atomic E-state index is 0.0825. The van der Waals surface area contributed by atoms with Crippen LogP contribution in [0, 0.1) is 0 Å². The zero-order valence-electron chi connectivity index (χ0n) is 18.2. The Morgan fingerprint density at radius 3 is 2.24 bits per heavy atom. The van der Waals surface area contributed by atoms with Crippen LogP contribution in [0.2, 0.25) is 0 Å². The quantitative estimate of drug-likeness (QED) is 0.509. The lowest BCUT2D eigenvalue weighted by Crippen LogP contribution is -2.44. The second-order valence-corrected chi connectivity index (χ2v) is 7.76. The first-order valence-corrected chi connectivity index (χ1v) is 10.6. The summed E-state index contributed by atoms with van der Waals surface area (Å²) in [5.41, 5.74) is 4.27. The molecule has 0 fully saturated rings. The zero-order chi connectivity index (χ0) is 23.5. The number of carboxylic acid groups (broad SMARTS) is 1. The van der Waals surface area contributed by atoms with Crippen molar-refractivity contribution in [3.8, 4) is 11.1 Å². The summed E-state index contributed by atoms with van der Waals surface area (Å²) in [5, 5.41) is 18.0. The Hall–Kier alpha value is -4.14. The van der Waals surface area contributed by atoms with E-state index < -0.39 is 24.0 Å². The highest BCUT2D eigenvalue weighted by Crippen LogP contribution is 2.44. The monoisotopic (exact) mass is 448 g/mol. The molecule has 3 N–H and O–H groups in total. The molecule has 170 valence electrons. The number of carbonyl (C=O) groups is 3. The number of aryl methyl sites for hydroxylation is 1. The van der Waals surface area contributed by atoms with Crippen molar-refractivity contribution in [2.24, 2.45) is 7.05 Å². The van der Waals surface area contributed by atoms with Gasteiger partial charge in [0.1, 0.15) is 18.5 Å². The number of hydrogen-bond donors (Lipinski definition) is 3. The van der Waals surface area contributed by atoms with Crippen LogP contribution in [0.25, 0.3) is 11.1 Å². The molecule has 1 atom stereocenters. The lowest BCUT2D eigenvalue weighted by atomic mass is 9.98. The van der Waals surface area contributed by atoms with E-state index in [0.717, 1.165) is 22.3 Å². The average molecular weight is 448 g/mol. The van der Waals surface area contributed by atoms with Gasteiger partial charge in [-0.3, -0.25) is 9.48 Å². The molecule has 1 unspecified atom stereocenters. The molecule has 3 aromatic rings. The number of benzene rings is 2. The van der Waals surface area contributed by atoms with Gasteiger partial charge in [-0.15, -0.1) is 0 Å². The molecule has 0 spiro atoms. The Labute approximate surface area is 190 Å². The molecular formula is C24H24N4O5. The van der Waals surface area contributed by atoms with Gasteiger partial charge in [0.25, 0.3) is 0 Å². The molecule has 2 aromatic carbocycles. The first-order valence-electron chi connectivity index (χ1n) is 10.6. The third-order valence-electron chi connectivity index (χ3n) is 5.71. The van der Waals surface area contributed by atoms with Gasteiger partial charge in [0.15, 0.2) is 5.69 Å². The number of fused-ring (bicyclic) bond motifs is 3. The predicted molar refractivity (Wildman–Crippen MR) is 121 cm³/mol. The summed E-state index contributed by atoms with van der Waals surface area (Å²) in [7, 11) is 1.52. The zero-order valence-corrected chi connectivity index (χ0v) is 18.2. The number of hydrogen-bond acceptors (Lipinski definition) is 5. The number of aromatic nitrogens is 2. The van der Waals surface area contributed by atoms with Gasteiger partial charge in [0.2, 0.25) is 5.91 Å². The molecule has 0 radical (unpaired) electrons. The van der Waals surface area contributed by atoms with E-state index in [0.29, 0.717) is 6.42 Å². The molecule has 1 aliphatic carbocycles. The number of anilines is 1. The number of carbonyl (C=O) groups excluding carboxylic acids is 2.